The number of nitrogens with zero attached hydrogens (tertiary/aromatic N) is 3. The van der Waals surface area contributed by atoms with E-state index < -0.39 is 16.9 Å². The molecule has 0 aliphatic carbocycles. The van der Waals surface area contributed by atoms with Crippen molar-refractivity contribution < 1.29 is 8.78 Å². The molecule has 142 valence electrons. The molecule has 4 rings (SSSR count). The molecule has 0 aliphatic rings. The third-order valence-corrected chi connectivity index (χ3v) is 6.34. The Labute approximate surface area is 172 Å². The molecule has 3 heterocycles. The molecule has 6 nitrogen and oxygen atoms in total. The molecule has 1 aromatic carbocycles. The van der Waals surface area contributed by atoms with Gasteiger partial charge in [0, 0.05) is 22.5 Å². The van der Waals surface area contributed by atoms with Gasteiger partial charge in [-0.3, -0.25) is 14.2 Å². The number of nitrogens with one attached hydrogen (secondary N) is 1. The fourth-order valence-corrected chi connectivity index (χ4v) is 4.81. The van der Waals surface area contributed by atoms with Crippen molar-refractivity contribution in [2.75, 3.05) is 0 Å². The predicted octanol–water partition coefficient (Wildman–Crippen LogP) is 3.86. The number of hydrogen-bond donors (Lipinski definition) is 1. The number of aromatic nitrogens is 4. The van der Waals surface area contributed by atoms with E-state index in [-0.39, 0.29) is 22.3 Å². The molecule has 0 unspecified atom stereocenters. The van der Waals surface area contributed by atoms with Crippen molar-refractivity contribution in [3.05, 3.63) is 78.4 Å². The zero-order chi connectivity index (χ0) is 19.8. The molecule has 0 aliphatic heterocycles. The fourth-order valence-electron chi connectivity index (χ4n) is 2.48. The lowest BCUT2D eigenvalue weighted by Gasteiger charge is -2.12. The number of thioether (sulfide) groups is 1. The van der Waals surface area contributed by atoms with Gasteiger partial charge in [-0.05, 0) is 17.7 Å². The van der Waals surface area contributed by atoms with Gasteiger partial charge in [-0.2, -0.15) is 0 Å². The number of hydrogen-bond acceptors (Lipinski definition) is 6. The van der Waals surface area contributed by atoms with Gasteiger partial charge in [0.25, 0.3) is 11.1 Å². The summed E-state index contributed by atoms with van der Waals surface area (Å²) in [6, 6.07) is 5.28. The first-order valence-corrected chi connectivity index (χ1v) is 10.4. The van der Waals surface area contributed by atoms with Crippen molar-refractivity contribution in [2.24, 2.45) is 0 Å². The molecule has 0 fully saturated rings. The number of fused-ring (bicyclic) bond motifs is 1. The first-order chi connectivity index (χ1) is 13.4. The van der Waals surface area contributed by atoms with Gasteiger partial charge in [0.2, 0.25) is 0 Å². The molecule has 0 atom stereocenters. The molecule has 0 saturated carbocycles. The van der Waals surface area contributed by atoms with Gasteiger partial charge in [0.15, 0.2) is 16.6 Å². The van der Waals surface area contributed by atoms with Crippen LogP contribution in [0.5, 0.6) is 0 Å². The summed E-state index contributed by atoms with van der Waals surface area (Å²) < 4.78 is 29.2. The predicted molar refractivity (Wildman–Crippen MR) is 107 cm³/mol. The van der Waals surface area contributed by atoms with Crippen LogP contribution in [0.15, 0.2) is 55.2 Å². The number of pyridine rings is 1. The third-order valence-electron chi connectivity index (χ3n) is 3.81. The average Bonchev–Trinajstić information content (AvgIpc) is 3.12. The van der Waals surface area contributed by atoms with Crippen LogP contribution >= 0.6 is 39.0 Å². The Hall–Kier alpha value is -2.37. The first-order valence-electron chi connectivity index (χ1n) is 7.75. The Balaban J connectivity index is 1.83. The highest BCUT2D eigenvalue weighted by atomic mass is 79.9. The minimum absolute atomic E-state index is 0.144. The van der Waals surface area contributed by atoms with E-state index in [1.54, 1.807) is 6.07 Å². The second-order valence-corrected chi connectivity index (χ2v) is 8.25. The molecule has 0 spiro atoms. The summed E-state index contributed by atoms with van der Waals surface area (Å²) in [6.07, 6.45) is 1.25. The highest BCUT2D eigenvalue weighted by Gasteiger charge is 2.17. The number of halogens is 3. The number of aromatic amines is 1. The molecule has 4 aromatic rings. The minimum atomic E-state index is -1.01. The summed E-state index contributed by atoms with van der Waals surface area (Å²) in [5, 5.41) is 0.270. The Morgan fingerprint density at radius 2 is 2.07 bits per heavy atom. The highest BCUT2D eigenvalue weighted by Crippen LogP contribution is 2.28. The summed E-state index contributed by atoms with van der Waals surface area (Å²) >= 11 is 5.64. The van der Waals surface area contributed by atoms with Crippen molar-refractivity contribution in [1.29, 1.82) is 0 Å². The van der Waals surface area contributed by atoms with Gasteiger partial charge in [-0.25, -0.2) is 18.7 Å². The van der Waals surface area contributed by atoms with Crippen molar-refractivity contribution >= 4 is 49.4 Å². The second-order valence-electron chi connectivity index (χ2n) is 5.60. The quantitative estimate of drug-likeness (QED) is 0.352. The summed E-state index contributed by atoms with van der Waals surface area (Å²) in [5.41, 5.74) is 1.43. The van der Waals surface area contributed by atoms with Crippen LogP contribution in [0.25, 0.3) is 16.0 Å². The Kier molecular flexibility index (Phi) is 5.13. The van der Waals surface area contributed by atoms with Gasteiger partial charge in [0.1, 0.15) is 10.5 Å². The zero-order valence-electron chi connectivity index (χ0n) is 13.8. The maximum atomic E-state index is 13.8. The maximum Gasteiger partial charge on any atom is 0.284 e. The molecule has 0 radical (unpaired) electrons. The number of benzene rings is 1. The molecular formula is C17H9BrF2N4O2S2. The first kappa shape index (κ1) is 19.0. The standard InChI is InChI=1S/C17H9BrF2N4O2S2/c18-11-3-9(19)2-1-8(11)6-27-17-23-14-13(28-7-22-14)16(26)24(17)10-4-12(20)15(25)21-5-10/h1-5,7H,6H2,(H,21,25). The van der Waals surface area contributed by atoms with Crippen LogP contribution in [0.4, 0.5) is 8.78 Å². The van der Waals surface area contributed by atoms with Crippen molar-refractivity contribution in [3.63, 3.8) is 0 Å². The Morgan fingerprint density at radius 3 is 2.82 bits per heavy atom. The Bertz CT molecular complexity index is 1320. The van der Waals surface area contributed by atoms with E-state index in [1.165, 1.54) is 40.2 Å². The van der Waals surface area contributed by atoms with Crippen LogP contribution in [-0.4, -0.2) is 19.5 Å². The topological polar surface area (TPSA) is 80.6 Å². The van der Waals surface area contributed by atoms with Crippen LogP contribution in [0.3, 0.4) is 0 Å². The smallest absolute Gasteiger partial charge is 0.284 e. The molecule has 0 bridgehead atoms. The van der Waals surface area contributed by atoms with Crippen molar-refractivity contribution in [1.82, 2.24) is 19.5 Å². The van der Waals surface area contributed by atoms with E-state index in [0.717, 1.165) is 23.0 Å². The third kappa shape index (κ3) is 3.52. The van der Waals surface area contributed by atoms with Crippen LogP contribution in [0.1, 0.15) is 5.56 Å². The van der Waals surface area contributed by atoms with Crippen LogP contribution in [-0.2, 0) is 5.75 Å². The van der Waals surface area contributed by atoms with E-state index in [4.69, 9.17) is 0 Å². The molecule has 11 heteroatoms. The summed E-state index contributed by atoms with van der Waals surface area (Å²) in [6.45, 7) is 0. The van der Waals surface area contributed by atoms with Gasteiger partial charge < -0.3 is 4.98 Å². The average molecular weight is 483 g/mol. The number of H-pyrrole nitrogens is 1. The molecule has 0 saturated heterocycles. The number of thiazole rings is 1. The largest absolute Gasteiger partial charge is 0.324 e. The van der Waals surface area contributed by atoms with Gasteiger partial charge in [-0.15, -0.1) is 11.3 Å². The highest BCUT2D eigenvalue weighted by molar-refractivity contribution is 9.10. The minimum Gasteiger partial charge on any atom is -0.324 e. The molecule has 28 heavy (non-hydrogen) atoms. The molecular weight excluding hydrogens is 474 g/mol. The maximum absolute atomic E-state index is 13.8. The van der Waals surface area contributed by atoms with Crippen molar-refractivity contribution in [3.8, 4) is 5.69 Å². The monoisotopic (exact) mass is 482 g/mol. The van der Waals surface area contributed by atoms with Crippen LogP contribution in [0.2, 0.25) is 0 Å². The lowest BCUT2D eigenvalue weighted by atomic mass is 10.2. The SMILES string of the molecule is O=c1[nH]cc(-n2c(SCc3ccc(F)cc3Br)nc3ncsc3c2=O)cc1F. The second kappa shape index (κ2) is 7.57. The van der Waals surface area contributed by atoms with Crippen LogP contribution < -0.4 is 11.1 Å². The normalized spacial score (nSPS) is 11.2. The van der Waals surface area contributed by atoms with E-state index in [9.17, 15) is 18.4 Å². The Morgan fingerprint density at radius 1 is 1.25 bits per heavy atom. The molecule has 3 aromatic heterocycles. The van der Waals surface area contributed by atoms with Crippen LogP contribution in [0, 0.1) is 11.6 Å². The zero-order valence-corrected chi connectivity index (χ0v) is 17.0. The lowest BCUT2D eigenvalue weighted by Crippen LogP contribution is -2.23. The van der Waals surface area contributed by atoms with E-state index in [1.807, 2.05) is 0 Å². The van der Waals surface area contributed by atoms with E-state index in [2.05, 4.69) is 30.9 Å². The van der Waals surface area contributed by atoms with Gasteiger partial charge in [-0.1, -0.05) is 33.8 Å². The lowest BCUT2D eigenvalue weighted by molar-refractivity contribution is 0.605. The summed E-state index contributed by atoms with van der Waals surface area (Å²) in [7, 11) is 0. The number of rotatable bonds is 4. The van der Waals surface area contributed by atoms with E-state index in [0.29, 0.717) is 14.9 Å². The summed E-state index contributed by atoms with van der Waals surface area (Å²) in [4.78, 5) is 35.0. The van der Waals surface area contributed by atoms with E-state index >= 15 is 0 Å². The van der Waals surface area contributed by atoms with Gasteiger partial charge >= 0.3 is 0 Å². The summed E-state index contributed by atoms with van der Waals surface area (Å²) in [5.74, 6) is -1.01. The van der Waals surface area contributed by atoms with Gasteiger partial charge in [0.05, 0.1) is 11.2 Å². The van der Waals surface area contributed by atoms with Crippen molar-refractivity contribution in [2.45, 2.75) is 10.9 Å². The fraction of sp³-hybridized carbons (Fsp3) is 0.0588. The molecule has 0 amide bonds. The molecule has 1 N–H and O–H groups in total.